The van der Waals surface area contributed by atoms with Gasteiger partial charge in [-0.2, -0.15) is 0 Å². The van der Waals surface area contributed by atoms with E-state index in [1.54, 1.807) is 4.90 Å². The van der Waals surface area contributed by atoms with E-state index in [1.165, 1.54) is 19.3 Å². The Labute approximate surface area is 98.8 Å². The van der Waals surface area contributed by atoms with Gasteiger partial charge in [-0.15, -0.1) is 0 Å². The van der Waals surface area contributed by atoms with Gasteiger partial charge in [0.15, 0.2) is 0 Å². The smallest absolute Gasteiger partial charge is 0.223 e. The van der Waals surface area contributed by atoms with E-state index in [0.717, 1.165) is 26.1 Å². The lowest BCUT2D eigenvalue weighted by atomic mass is 9.91. The number of hydrogen-bond acceptors (Lipinski definition) is 3. The highest BCUT2D eigenvalue weighted by Crippen LogP contribution is 2.24. The van der Waals surface area contributed by atoms with Gasteiger partial charge in [0.25, 0.3) is 0 Å². The fourth-order valence-corrected chi connectivity index (χ4v) is 1.99. The van der Waals surface area contributed by atoms with Gasteiger partial charge in [0.1, 0.15) is 0 Å². The van der Waals surface area contributed by atoms with Crippen molar-refractivity contribution >= 4 is 5.91 Å². The van der Waals surface area contributed by atoms with E-state index in [-0.39, 0.29) is 5.91 Å². The first-order valence-corrected chi connectivity index (χ1v) is 6.29. The maximum atomic E-state index is 11.5. The third kappa shape index (κ3) is 4.10. The van der Waals surface area contributed by atoms with E-state index in [2.05, 4.69) is 4.90 Å². The summed E-state index contributed by atoms with van der Waals surface area (Å²) in [6.07, 6.45) is 5.59. The van der Waals surface area contributed by atoms with Crippen molar-refractivity contribution in [3.8, 4) is 0 Å². The highest BCUT2D eigenvalue weighted by molar-refractivity contribution is 5.75. The normalized spacial score (nSPS) is 16.2. The molecule has 1 amide bonds. The number of nitrogens with two attached hydrogens (primary N) is 1. The van der Waals surface area contributed by atoms with E-state index in [9.17, 15) is 4.79 Å². The van der Waals surface area contributed by atoms with Crippen LogP contribution in [0.1, 0.15) is 32.1 Å². The molecular formula is C12H25N3O. The van der Waals surface area contributed by atoms with Crippen molar-refractivity contribution in [1.29, 1.82) is 0 Å². The first kappa shape index (κ1) is 13.5. The fraction of sp³-hybridized carbons (Fsp3) is 0.917. The third-order valence-electron chi connectivity index (χ3n) is 3.35. The van der Waals surface area contributed by atoms with E-state index in [1.807, 2.05) is 14.1 Å². The van der Waals surface area contributed by atoms with Crippen LogP contribution < -0.4 is 5.73 Å². The quantitative estimate of drug-likeness (QED) is 0.695. The molecule has 4 heteroatoms. The maximum Gasteiger partial charge on any atom is 0.223 e. The summed E-state index contributed by atoms with van der Waals surface area (Å²) in [6, 6.07) is 0.710. The van der Waals surface area contributed by atoms with Crippen LogP contribution >= 0.6 is 0 Å². The summed E-state index contributed by atoms with van der Waals surface area (Å²) >= 11 is 0. The lowest BCUT2D eigenvalue weighted by molar-refractivity contribution is -0.129. The number of hydrogen-bond donors (Lipinski definition) is 1. The summed E-state index contributed by atoms with van der Waals surface area (Å²) in [5.74, 6) is 0.220. The molecule has 0 radical (unpaired) electrons. The number of carbonyl (C=O) groups excluding carboxylic acids is 1. The lowest BCUT2D eigenvalue weighted by Gasteiger charge is -2.37. The standard InChI is InChI=1S/C12H25N3O/c1-14(2)12(16)7-10-15(9-4-8-13)11-5-3-6-11/h11H,3-10,13H2,1-2H3. The molecule has 0 saturated heterocycles. The Morgan fingerprint density at radius 1 is 1.31 bits per heavy atom. The second kappa shape index (κ2) is 6.86. The van der Waals surface area contributed by atoms with E-state index in [0.29, 0.717) is 12.5 Å². The van der Waals surface area contributed by atoms with E-state index >= 15 is 0 Å². The van der Waals surface area contributed by atoms with Gasteiger partial charge in [-0.1, -0.05) is 6.42 Å². The van der Waals surface area contributed by atoms with Crippen LogP contribution in [0, 0.1) is 0 Å². The highest BCUT2D eigenvalue weighted by atomic mass is 16.2. The molecule has 1 aliphatic carbocycles. The van der Waals surface area contributed by atoms with Crippen LogP contribution in [0.3, 0.4) is 0 Å². The summed E-state index contributed by atoms with van der Waals surface area (Å²) in [4.78, 5) is 15.6. The van der Waals surface area contributed by atoms with Crippen LogP contribution in [0.2, 0.25) is 0 Å². The second-order valence-corrected chi connectivity index (χ2v) is 4.80. The minimum Gasteiger partial charge on any atom is -0.349 e. The van der Waals surface area contributed by atoms with Crippen LogP contribution in [-0.2, 0) is 4.79 Å². The molecule has 0 spiro atoms. The minimum absolute atomic E-state index is 0.220. The Kier molecular flexibility index (Phi) is 5.77. The van der Waals surface area contributed by atoms with Crippen molar-refractivity contribution in [2.75, 3.05) is 33.7 Å². The SMILES string of the molecule is CN(C)C(=O)CCN(CCCN)C1CCC1. The third-order valence-corrected chi connectivity index (χ3v) is 3.35. The van der Waals surface area contributed by atoms with Gasteiger partial charge in [-0.05, 0) is 32.4 Å². The first-order chi connectivity index (χ1) is 7.65. The zero-order valence-electron chi connectivity index (χ0n) is 10.6. The summed E-state index contributed by atoms with van der Waals surface area (Å²) < 4.78 is 0. The van der Waals surface area contributed by atoms with E-state index in [4.69, 9.17) is 5.73 Å². The van der Waals surface area contributed by atoms with Crippen LogP contribution in [0.15, 0.2) is 0 Å². The number of carbonyl (C=O) groups is 1. The summed E-state index contributed by atoms with van der Waals surface area (Å²) in [6.45, 7) is 2.68. The molecule has 0 bridgehead atoms. The van der Waals surface area contributed by atoms with Crippen molar-refractivity contribution in [1.82, 2.24) is 9.80 Å². The van der Waals surface area contributed by atoms with Gasteiger partial charge in [-0.3, -0.25) is 9.69 Å². The van der Waals surface area contributed by atoms with Crippen molar-refractivity contribution in [3.05, 3.63) is 0 Å². The largest absolute Gasteiger partial charge is 0.349 e. The number of rotatable bonds is 7. The molecule has 0 aliphatic heterocycles. The molecule has 0 aromatic carbocycles. The fourth-order valence-electron chi connectivity index (χ4n) is 1.99. The second-order valence-electron chi connectivity index (χ2n) is 4.80. The Bertz CT molecular complexity index is 214. The zero-order chi connectivity index (χ0) is 12.0. The molecular weight excluding hydrogens is 202 g/mol. The van der Waals surface area contributed by atoms with Crippen molar-refractivity contribution in [3.63, 3.8) is 0 Å². The van der Waals surface area contributed by atoms with Crippen LogP contribution in [0.5, 0.6) is 0 Å². The molecule has 1 saturated carbocycles. The van der Waals surface area contributed by atoms with Gasteiger partial charge in [0.2, 0.25) is 5.91 Å². The van der Waals surface area contributed by atoms with Crippen LogP contribution in [-0.4, -0.2) is 55.5 Å². The molecule has 0 aromatic rings. The van der Waals surface area contributed by atoms with Gasteiger partial charge < -0.3 is 10.6 Å². The van der Waals surface area contributed by atoms with Crippen molar-refractivity contribution < 1.29 is 4.79 Å². The summed E-state index contributed by atoms with van der Waals surface area (Å²) in [7, 11) is 3.63. The van der Waals surface area contributed by atoms with E-state index < -0.39 is 0 Å². The topological polar surface area (TPSA) is 49.6 Å². The van der Waals surface area contributed by atoms with Crippen LogP contribution in [0.4, 0.5) is 0 Å². The van der Waals surface area contributed by atoms with Gasteiger partial charge in [-0.25, -0.2) is 0 Å². The van der Waals surface area contributed by atoms with Gasteiger partial charge >= 0.3 is 0 Å². The van der Waals surface area contributed by atoms with Crippen molar-refractivity contribution in [2.45, 2.75) is 38.1 Å². The average Bonchev–Trinajstić information content (AvgIpc) is 2.18. The Hall–Kier alpha value is -0.610. The molecule has 4 nitrogen and oxygen atoms in total. The molecule has 0 unspecified atom stereocenters. The Morgan fingerprint density at radius 2 is 2.00 bits per heavy atom. The van der Waals surface area contributed by atoms with Crippen molar-refractivity contribution in [2.24, 2.45) is 5.73 Å². The molecule has 94 valence electrons. The Balaban J connectivity index is 2.28. The zero-order valence-corrected chi connectivity index (χ0v) is 10.6. The van der Waals surface area contributed by atoms with Gasteiger partial charge in [0.05, 0.1) is 0 Å². The van der Waals surface area contributed by atoms with Gasteiger partial charge in [0, 0.05) is 33.1 Å². The summed E-state index contributed by atoms with van der Waals surface area (Å²) in [5, 5.41) is 0. The average molecular weight is 227 g/mol. The Morgan fingerprint density at radius 3 is 2.44 bits per heavy atom. The summed E-state index contributed by atoms with van der Waals surface area (Å²) in [5.41, 5.74) is 5.54. The molecule has 1 fully saturated rings. The molecule has 2 N–H and O–H groups in total. The molecule has 0 aromatic heterocycles. The minimum atomic E-state index is 0.220. The lowest BCUT2D eigenvalue weighted by Crippen LogP contribution is -2.43. The predicted molar refractivity (Wildman–Crippen MR) is 66.2 cm³/mol. The molecule has 1 aliphatic rings. The number of nitrogens with zero attached hydrogens (tertiary/aromatic N) is 2. The molecule has 0 heterocycles. The predicted octanol–water partition coefficient (Wildman–Crippen LogP) is 0.668. The highest BCUT2D eigenvalue weighted by Gasteiger charge is 2.24. The monoisotopic (exact) mass is 227 g/mol. The maximum absolute atomic E-state index is 11.5. The van der Waals surface area contributed by atoms with Crippen LogP contribution in [0.25, 0.3) is 0 Å². The number of amides is 1. The first-order valence-electron chi connectivity index (χ1n) is 6.29. The molecule has 16 heavy (non-hydrogen) atoms. The molecule has 0 atom stereocenters. The molecule has 1 rings (SSSR count).